The van der Waals surface area contributed by atoms with Crippen LogP contribution in [0.3, 0.4) is 0 Å². The Hall–Kier alpha value is -2.51. The number of hydrogen-bond acceptors (Lipinski definition) is 5. The van der Waals surface area contributed by atoms with E-state index < -0.39 is 0 Å². The van der Waals surface area contributed by atoms with Crippen LogP contribution < -0.4 is 16.0 Å². The molecular weight excluding hydrogens is 358 g/mol. The molecule has 3 N–H and O–H groups in total. The van der Waals surface area contributed by atoms with Crippen LogP contribution in [-0.4, -0.2) is 53.8 Å². The van der Waals surface area contributed by atoms with Crippen LogP contribution in [0.1, 0.15) is 51.9 Å². The molecule has 8 nitrogen and oxygen atoms in total. The summed E-state index contributed by atoms with van der Waals surface area (Å²) in [6.07, 6.45) is 8.96. The van der Waals surface area contributed by atoms with E-state index in [4.69, 9.17) is 4.74 Å². The smallest absolute Gasteiger partial charge is 0.409 e. The number of amides is 3. The fourth-order valence-electron chi connectivity index (χ4n) is 3.79. The highest BCUT2D eigenvalue weighted by Crippen LogP contribution is 2.19. The third-order valence-corrected chi connectivity index (χ3v) is 5.34. The highest BCUT2D eigenvalue weighted by molar-refractivity contribution is 5.88. The molecule has 3 amide bonds. The van der Waals surface area contributed by atoms with Gasteiger partial charge >= 0.3 is 12.1 Å². The fourth-order valence-corrected chi connectivity index (χ4v) is 3.79. The lowest BCUT2D eigenvalue weighted by Crippen LogP contribution is -2.42. The number of carbonyl (C=O) groups excluding carboxylic acids is 2. The van der Waals surface area contributed by atoms with Crippen molar-refractivity contribution in [2.75, 3.05) is 30.3 Å². The van der Waals surface area contributed by atoms with Crippen LogP contribution in [0.4, 0.5) is 21.1 Å². The number of anilines is 2. The number of rotatable bonds is 5. The first kappa shape index (κ1) is 20.2. The molecule has 1 saturated carbocycles. The standard InChI is InChI=1S/C20H31N5O3/c1-2-28-20(27)25-12-10-16(11-13-25)22-17-8-9-18(21-14-17)24-19(26)23-15-6-4-3-5-7-15/h8-9,14-16,22H,2-7,10-13H2,1H3,(H2,21,23,24,26). The van der Waals surface area contributed by atoms with E-state index in [-0.39, 0.29) is 18.2 Å². The predicted molar refractivity (Wildman–Crippen MR) is 109 cm³/mol. The van der Waals surface area contributed by atoms with Gasteiger partial charge in [0.1, 0.15) is 5.82 Å². The zero-order chi connectivity index (χ0) is 19.8. The molecule has 3 rings (SSSR count). The highest BCUT2D eigenvalue weighted by atomic mass is 16.6. The summed E-state index contributed by atoms with van der Waals surface area (Å²) in [6, 6.07) is 4.10. The van der Waals surface area contributed by atoms with Gasteiger partial charge in [-0.2, -0.15) is 0 Å². The van der Waals surface area contributed by atoms with Gasteiger partial charge in [0, 0.05) is 25.2 Å². The van der Waals surface area contributed by atoms with Crippen molar-refractivity contribution in [2.24, 2.45) is 0 Å². The molecule has 1 aliphatic heterocycles. The van der Waals surface area contributed by atoms with Crippen LogP contribution in [0.5, 0.6) is 0 Å². The molecule has 154 valence electrons. The molecule has 2 fully saturated rings. The summed E-state index contributed by atoms with van der Waals surface area (Å²) >= 11 is 0. The Bertz CT molecular complexity index is 638. The third kappa shape index (κ3) is 6.00. The summed E-state index contributed by atoms with van der Waals surface area (Å²) < 4.78 is 5.04. The molecule has 0 spiro atoms. The van der Waals surface area contributed by atoms with E-state index in [0.29, 0.717) is 31.6 Å². The van der Waals surface area contributed by atoms with Crippen molar-refractivity contribution >= 4 is 23.6 Å². The summed E-state index contributed by atoms with van der Waals surface area (Å²) in [7, 11) is 0. The van der Waals surface area contributed by atoms with E-state index in [0.717, 1.165) is 31.4 Å². The van der Waals surface area contributed by atoms with Gasteiger partial charge in [-0.3, -0.25) is 5.32 Å². The number of piperidine rings is 1. The molecule has 1 saturated heterocycles. The first-order valence-electron chi connectivity index (χ1n) is 10.4. The van der Waals surface area contributed by atoms with Gasteiger partial charge in [-0.1, -0.05) is 19.3 Å². The van der Waals surface area contributed by atoms with E-state index in [1.165, 1.54) is 19.3 Å². The molecule has 8 heteroatoms. The lowest BCUT2D eigenvalue weighted by Gasteiger charge is -2.32. The fraction of sp³-hybridized carbons (Fsp3) is 0.650. The second kappa shape index (κ2) is 10.1. The molecule has 1 aromatic heterocycles. The quantitative estimate of drug-likeness (QED) is 0.715. The van der Waals surface area contributed by atoms with Crippen molar-refractivity contribution in [3.63, 3.8) is 0 Å². The van der Waals surface area contributed by atoms with Crippen LogP contribution in [0.25, 0.3) is 0 Å². The summed E-state index contributed by atoms with van der Waals surface area (Å²) in [6.45, 7) is 3.59. The van der Waals surface area contributed by atoms with Crippen molar-refractivity contribution in [1.29, 1.82) is 0 Å². The number of urea groups is 1. The molecule has 0 aromatic carbocycles. The van der Waals surface area contributed by atoms with Gasteiger partial charge in [0.05, 0.1) is 18.5 Å². The minimum atomic E-state index is -0.232. The molecule has 2 aliphatic rings. The van der Waals surface area contributed by atoms with Crippen LogP contribution in [0.15, 0.2) is 18.3 Å². The minimum Gasteiger partial charge on any atom is -0.450 e. The normalized spacial score (nSPS) is 18.4. The topological polar surface area (TPSA) is 95.6 Å². The zero-order valence-electron chi connectivity index (χ0n) is 16.6. The monoisotopic (exact) mass is 389 g/mol. The number of nitrogens with one attached hydrogen (secondary N) is 3. The van der Waals surface area contributed by atoms with Crippen molar-refractivity contribution in [3.05, 3.63) is 18.3 Å². The Labute approximate surface area is 166 Å². The largest absolute Gasteiger partial charge is 0.450 e. The predicted octanol–water partition coefficient (Wildman–Crippen LogP) is 3.57. The summed E-state index contributed by atoms with van der Waals surface area (Å²) in [4.78, 5) is 29.9. The van der Waals surface area contributed by atoms with Crippen LogP contribution in [0.2, 0.25) is 0 Å². The lowest BCUT2D eigenvalue weighted by molar-refractivity contribution is 0.0983. The molecule has 0 atom stereocenters. The molecule has 2 heterocycles. The van der Waals surface area contributed by atoms with Crippen molar-refractivity contribution in [2.45, 2.75) is 64.0 Å². The van der Waals surface area contributed by atoms with E-state index in [9.17, 15) is 9.59 Å². The van der Waals surface area contributed by atoms with Crippen LogP contribution in [-0.2, 0) is 4.74 Å². The molecule has 0 unspecified atom stereocenters. The zero-order valence-corrected chi connectivity index (χ0v) is 16.6. The summed E-state index contributed by atoms with van der Waals surface area (Å²) in [5.74, 6) is 0.538. The minimum absolute atomic E-state index is 0.188. The number of likely N-dealkylation sites (tertiary alicyclic amines) is 1. The second-order valence-electron chi connectivity index (χ2n) is 7.47. The van der Waals surface area contributed by atoms with Gasteiger partial charge in [0.2, 0.25) is 0 Å². The van der Waals surface area contributed by atoms with E-state index in [2.05, 4.69) is 20.9 Å². The molecule has 0 bridgehead atoms. The number of nitrogens with zero attached hydrogens (tertiary/aromatic N) is 2. The number of carbonyl (C=O) groups is 2. The maximum atomic E-state index is 12.1. The average molecular weight is 390 g/mol. The second-order valence-corrected chi connectivity index (χ2v) is 7.47. The Morgan fingerprint density at radius 3 is 2.50 bits per heavy atom. The summed E-state index contributed by atoms with van der Waals surface area (Å²) in [5, 5.41) is 9.27. The van der Waals surface area contributed by atoms with Gasteiger partial charge in [0.25, 0.3) is 0 Å². The highest BCUT2D eigenvalue weighted by Gasteiger charge is 2.23. The van der Waals surface area contributed by atoms with Crippen molar-refractivity contribution in [3.8, 4) is 0 Å². The maximum Gasteiger partial charge on any atom is 0.409 e. The van der Waals surface area contributed by atoms with Crippen LogP contribution >= 0.6 is 0 Å². The first-order valence-corrected chi connectivity index (χ1v) is 10.4. The lowest BCUT2D eigenvalue weighted by atomic mass is 9.96. The van der Waals surface area contributed by atoms with E-state index in [1.807, 2.05) is 13.0 Å². The van der Waals surface area contributed by atoms with Gasteiger partial charge < -0.3 is 20.3 Å². The molecular formula is C20H31N5O3. The summed E-state index contributed by atoms with van der Waals surface area (Å²) in [5.41, 5.74) is 0.910. The van der Waals surface area contributed by atoms with Gasteiger partial charge in [-0.25, -0.2) is 14.6 Å². The van der Waals surface area contributed by atoms with Crippen LogP contribution in [0, 0.1) is 0 Å². The Morgan fingerprint density at radius 2 is 1.86 bits per heavy atom. The number of ether oxygens (including phenoxy) is 1. The van der Waals surface area contributed by atoms with Gasteiger partial charge in [-0.15, -0.1) is 0 Å². The Balaban J connectivity index is 1.41. The third-order valence-electron chi connectivity index (χ3n) is 5.34. The van der Waals surface area contributed by atoms with Crippen molar-refractivity contribution in [1.82, 2.24) is 15.2 Å². The SMILES string of the molecule is CCOC(=O)N1CCC(Nc2ccc(NC(=O)NC3CCCCC3)nc2)CC1. The first-order chi connectivity index (χ1) is 13.6. The van der Waals surface area contributed by atoms with E-state index >= 15 is 0 Å². The van der Waals surface area contributed by atoms with Gasteiger partial charge in [-0.05, 0) is 44.7 Å². The van der Waals surface area contributed by atoms with Gasteiger partial charge in [0.15, 0.2) is 0 Å². The Morgan fingerprint density at radius 1 is 1.11 bits per heavy atom. The Kier molecular flexibility index (Phi) is 7.33. The molecule has 1 aromatic rings. The number of hydrogen-bond donors (Lipinski definition) is 3. The van der Waals surface area contributed by atoms with Crippen molar-refractivity contribution < 1.29 is 14.3 Å². The molecule has 28 heavy (non-hydrogen) atoms. The number of pyridine rings is 1. The average Bonchev–Trinajstić information content (AvgIpc) is 2.71. The molecule has 0 radical (unpaired) electrons. The van der Waals surface area contributed by atoms with E-state index in [1.54, 1.807) is 17.2 Å². The molecule has 1 aliphatic carbocycles. The number of aromatic nitrogens is 1. The maximum absolute atomic E-state index is 12.1.